The van der Waals surface area contributed by atoms with Gasteiger partial charge in [-0.25, -0.2) is 4.39 Å². The van der Waals surface area contributed by atoms with E-state index in [4.69, 9.17) is 10.00 Å². The Labute approximate surface area is 108 Å². The number of unbranched alkanes of at least 4 members (excludes halogenated alkanes) is 2. The van der Waals surface area contributed by atoms with Crippen molar-refractivity contribution < 1.29 is 9.13 Å². The summed E-state index contributed by atoms with van der Waals surface area (Å²) in [4.78, 5) is 0. The number of halogens is 1. The molecule has 0 aromatic heterocycles. The Morgan fingerprint density at radius 2 is 2.22 bits per heavy atom. The third-order valence-electron chi connectivity index (χ3n) is 2.52. The summed E-state index contributed by atoms with van der Waals surface area (Å²) in [5, 5.41) is 11.5. The summed E-state index contributed by atoms with van der Waals surface area (Å²) in [6, 6.07) is 7.08. The van der Waals surface area contributed by atoms with Gasteiger partial charge >= 0.3 is 0 Å². The molecule has 0 spiro atoms. The molecule has 98 valence electrons. The van der Waals surface area contributed by atoms with Crippen molar-refractivity contribution in [3.8, 4) is 11.8 Å². The van der Waals surface area contributed by atoms with Gasteiger partial charge in [0, 0.05) is 13.0 Å². The van der Waals surface area contributed by atoms with E-state index in [-0.39, 0.29) is 11.6 Å². The molecule has 4 heteroatoms. The number of nitrogens with one attached hydrogen (secondary N) is 1. The number of nitriles is 1. The van der Waals surface area contributed by atoms with Crippen LogP contribution in [-0.4, -0.2) is 13.2 Å². The summed E-state index contributed by atoms with van der Waals surface area (Å²) in [7, 11) is 0. The molecule has 0 atom stereocenters. The Balaban J connectivity index is 2.40. The highest BCUT2D eigenvalue weighted by molar-refractivity contribution is 5.29. The lowest BCUT2D eigenvalue weighted by Gasteiger charge is -2.08. The lowest BCUT2D eigenvalue weighted by Crippen LogP contribution is -2.11. The second-order valence-electron chi connectivity index (χ2n) is 4.01. The second kappa shape index (κ2) is 8.48. The van der Waals surface area contributed by atoms with Crippen LogP contribution < -0.4 is 10.1 Å². The zero-order valence-corrected chi connectivity index (χ0v) is 10.7. The summed E-state index contributed by atoms with van der Waals surface area (Å²) in [5.41, 5.74) is 0.909. The van der Waals surface area contributed by atoms with Crippen molar-refractivity contribution in [2.45, 2.75) is 32.7 Å². The quantitative estimate of drug-likeness (QED) is 0.721. The first kappa shape index (κ1) is 14.5. The Bertz CT molecular complexity index is 401. The molecular formula is C14H19FN2O. The Morgan fingerprint density at radius 1 is 1.39 bits per heavy atom. The number of nitrogens with zero attached hydrogens (tertiary/aromatic N) is 1. The van der Waals surface area contributed by atoms with Gasteiger partial charge in [0.2, 0.25) is 0 Å². The highest BCUT2D eigenvalue weighted by Crippen LogP contribution is 2.18. The summed E-state index contributed by atoms with van der Waals surface area (Å²) >= 11 is 0. The molecule has 0 aliphatic carbocycles. The van der Waals surface area contributed by atoms with Gasteiger partial charge in [0.15, 0.2) is 11.6 Å². The van der Waals surface area contributed by atoms with Crippen LogP contribution in [0.4, 0.5) is 4.39 Å². The minimum atomic E-state index is -0.328. The number of hydrogen-bond donors (Lipinski definition) is 1. The monoisotopic (exact) mass is 250 g/mol. The lowest BCUT2D eigenvalue weighted by molar-refractivity contribution is 0.292. The van der Waals surface area contributed by atoms with Gasteiger partial charge in [-0.1, -0.05) is 13.0 Å². The Kier molecular flexibility index (Phi) is 6.82. The molecule has 3 nitrogen and oxygen atoms in total. The fraction of sp³-hybridized carbons (Fsp3) is 0.500. The van der Waals surface area contributed by atoms with E-state index in [1.54, 1.807) is 6.07 Å². The fourth-order valence-corrected chi connectivity index (χ4v) is 1.53. The molecule has 0 saturated carbocycles. The molecule has 0 amide bonds. The number of benzene rings is 1. The first-order chi connectivity index (χ1) is 8.77. The SMILES string of the molecule is CCNCc1ccc(OCCCCC#N)c(F)c1. The van der Waals surface area contributed by atoms with Gasteiger partial charge in [0.05, 0.1) is 12.7 Å². The van der Waals surface area contributed by atoms with Crippen molar-refractivity contribution in [1.82, 2.24) is 5.32 Å². The van der Waals surface area contributed by atoms with Crippen LogP contribution in [0.15, 0.2) is 18.2 Å². The summed E-state index contributed by atoms with van der Waals surface area (Å²) in [6.45, 7) is 3.98. The van der Waals surface area contributed by atoms with E-state index in [0.717, 1.165) is 24.9 Å². The summed E-state index contributed by atoms with van der Waals surface area (Å²) in [5.74, 6) is -0.0436. The smallest absolute Gasteiger partial charge is 0.165 e. The molecular weight excluding hydrogens is 231 g/mol. The highest BCUT2D eigenvalue weighted by Gasteiger charge is 2.04. The highest BCUT2D eigenvalue weighted by atomic mass is 19.1. The van der Waals surface area contributed by atoms with Crippen molar-refractivity contribution >= 4 is 0 Å². The average molecular weight is 250 g/mol. The van der Waals surface area contributed by atoms with Gasteiger partial charge in [0.1, 0.15) is 0 Å². The van der Waals surface area contributed by atoms with Gasteiger partial charge in [0.25, 0.3) is 0 Å². The molecule has 1 aromatic rings. The second-order valence-corrected chi connectivity index (χ2v) is 4.01. The molecule has 0 fully saturated rings. The van der Waals surface area contributed by atoms with Gasteiger partial charge < -0.3 is 10.1 Å². The minimum absolute atomic E-state index is 0.284. The van der Waals surface area contributed by atoms with Crippen LogP contribution in [0, 0.1) is 17.1 Å². The van der Waals surface area contributed by atoms with Crippen LogP contribution in [0.5, 0.6) is 5.75 Å². The minimum Gasteiger partial charge on any atom is -0.491 e. The van der Waals surface area contributed by atoms with Gasteiger partial charge in [-0.15, -0.1) is 0 Å². The molecule has 0 radical (unpaired) electrons. The first-order valence-corrected chi connectivity index (χ1v) is 6.26. The third-order valence-corrected chi connectivity index (χ3v) is 2.52. The van der Waals surface area contributed by atoms with Gasteiger partial charge in [-0.3, -0.25) is 0 Å². The molecule has 0 unspecified atom stereocenters. The van der Waals surface area contributed by atoms with E-state index in [9.17, 15) is 4.39 Å². The number of hydrogen-bond acceptors (Lipinski definition) is 3. The van der Waals surface area contributed by atoms with Crippen LogP contribution >= 0.6 is 0 Å². The van der Waals surface area contributed by atoms with Gasteiger partial charge in [-0.2, -0.15) is 5.26 Å². The number of rotatable bonds is 8. The van der Waals surface area contributed by atoms with Crippen LogP contribution in [-0.2, 0) is 6.54 Å². The van der Waals surface area contributed by atoms with E-state index >= 15 is 0 Å². The maximum absolute atomic E-state index is 13.6. The Morgan fingerprint density at radius 3 is 2.89 bits per heavy atom. The van der Waals surface area contributed by atoms with E-state index in [1.807, 2.05) is 13.0 Å². The normalized spacial score (nSPS) is 10.1. The van der Waals surface area contributed by atoms with E-state index in [2.05, 4.69) is 11.4 Å². The molecule has 18 heavy (non-hydrogen) atoms. The van der Waals surface area contributed by atoms with Crippen molar-refractivity contribution in [2.75, 3.05) is 13.2 Å². The fourth-order valence-electron chi connectivity index (χ4n) is 1.53. The summed E-state index contributed by atoms with van der Waals surface area (Å²) in [6.07, 6.45) is 2.08. The van der Waals surface area contributed by atoms with Crippen LogP contribution in [0.3, 0.4) is 0 Å². The van der Waals surface area contributed by atoms with Crippen molar-refractivity contribution in [1.29, 1.82) is 5.26 Å². The summed E-state index contributed by atoms with van der Waals surface area (Å²) < 4.78 is 19.0. The molecule has 0 saturated heterocycles. The molecule has 1 rings (SSSR count). The molecule has 0 heterocycles. The maximum atomic E-state index is 13.6. The standard InChI is InChI=1S/C14H19FN2O/c1-2-17-11-12-6-7-14(13(15)10-12)18-9-5-3-4-8-16/h6-7,10,17H,2-5,9,11H2,1H3. The molecule has 0 aliphatic rings. The predicted octanol–water partition coefficient (Wildman–Crippen LogP) is 3.01. The van der Waals surface area contributed by atoms with E-state index < -0.39 is 0 Å². The molecule has 1 aromatic carbocycles. The Hall–Kier alpha value is -1.60. The maximum Gasteiger partial charge on any atom is 0.165 e. The van der Waals surface area contributed by atoms with E-state index in [0.29, 0.717) is 19.6 Å². The zero-order valence-electron chi connectivity index (χ0n) is 10.7. The van der Waals surface area contributed by atoms with Crippen molar-refractivity contribution in [3.05, 3.63) is 29.6 Å². The van der Waals surface area contributed by atoms with Crippen molar-refractivity contribution in [3.63, 3.8) is 0 Å². The largest absolute Gasteiger partial charge is 0.491 e. The third kappa shape index (κ3) is 5.15. The predicted molar refractivity (Wildman–Crippen MR) is 68.7 cm³/mol. The lowest BCUT2D eigenvalue weighted by atomic mass is 10.2. The average Bonchev–Trinajstić information content (AvgIpc) is 2.38. The van der Waals surface area contributed by atoms with Crippen LogP contribution in [0.2, 0.25) is 0 Å². The van der Waals surface area contributed by atoms with Gasteiger partial charge in [-0.05, 0) is 37.1 Å². The topological polar surface area (TPSA) is 45.0 Å². The molecule has 0 bridgehead atoms. The van der Waals surface area contributed by atoms with E-state index in [1.165, 1.54) is 6.07 Å². The van der Waals surface area contributed by atoms with Crippen molar-refractivity contribution in [2.24, 2.45) is 0 Å². The first-order valence-electron chi connectivity index (χ1n) is 6.26. The molecule has 1 N–H and O–H groups in total. The number of ether oxygens (including phenoxy) is 1. The zero-order chi connectivity index (χ0) is 13.2. The molecule has 0 aliphatic heterocycles. The van der Waals surface area contributed by atoms with Crippen LogP contribution in [0.1, 0.15) is 31.7 Å². The van der Waals surface area contributed by atoms with Crippen LogP contribution in [0.25, 0.3) is 0 Å².